The molecule has 16 heavy (non-hydrogen) atoms. The first-order chi connectivity index (χ1) is 7.65. The molecule has 0 fully saturated rings. The van der Waals surface area contributed by atoms with E-state index in [1.165, 1.54) is 0 Å². The fourth-order valence-electron chi connectivity index (χ4n) is 1.80. The molecule has 2 aromatic rings. The number of rotatable bonds is 3. The van der Waals surface area contributed by atoms with Crippen LogP contribution in [0.3, 0.4) is 0 Å². The van der Waals surface area contributed by atoms with Gasteiger partial charge in [0.15, 0.2) is 5.65 Å². The molecule has 0 saturated heterocycles. The van der Waals surface area contributed by atoms with Crippen LogP contribution < -0.4 is 5.73 Å². The maximum absolute atomic E-state index is 9.12. The molecule has 0 aliphatic rings. The summed E-state index contributed by atoms with van der Waals surface area (Å²) in [5.74, 6) is 0.686. The molecule has 0 spiro atoms. The highest BCUT2D eigenvalue weighted by molar-refractivity contribution is 5.71. The lowest BCUT2D eigenvalue weighted by molar-refractivity contribution is 0.260. The Kier molecular flexibility index (Phi) is 2.89. The average Bonchev–Trinajstić information content (AvgIpc) is 2.67. The van der Waals surface area contributed by atoms with Crippen LogP contribution >= 0.6 is 0 Å². The summed E-state index contributed by atoms with van der Waals surface area (Å²) in [7, 11) is 0. The van der Waals surface area contributed by atoms with Crippen LogP contribution in [0.1, 0.15) is 31.8 Å². The maximum Gasteiger partial charge on any atom is 0.160 e. The van der Waals surface area contributed by atoms with Gasteiger partial charge in [-0.2, -0.15) is 0 Å². The highest BCUT2D eigenvalue weighted by Gasteiger charge is 2.18. The van der Waals surface area contributed by atoms with E-state index in [4.69, 9.17) is 10.8 Å². The number of nitrogens with two attached hydrogens (primary N) is 1. The lowest BCUT2D eigenvalue weighted by Gasteiger charge is -2.15. The van der Waals surface area contributed by atoms with E-state index in [-0.39, 0.29) is 12.6 Å². The quantitative estimate of drug-likeness (QED) is 0.809. The Morgan fingerprint density at radius 1 is 1.50 bits per heavy atom. The Bertz CT molecular complexity index is 492. The van der Waals surface area contributed by atoms with E-state index >= 15 is 0 Å². The SMILES string of the molecule is CC(C)n1c(C(N)CO)nc2cccnc21. The summed E-state index contributed by atoms with van der Waals surface area (Å²) in [6, 6.07) is 3.49. The molecule has 0 aliphatic heterocycles. The Balaban J connectivity index is 2.68. The van der Waals surface area contributed by atoms with Crippen LogP contribution in [0.2, 0.25) is 0 Å². The van der Waals surface area contributed by atoms with Crippen molar-refractivity contribution in [2.24, 2.45) is 5.73 Å². The summed E-state index contributed by atoms with van der Waals surface area (Å²) < 4.78 is 1.97. The number of fused-ring (bicyclic) bond motifs is 1. The summed E-state index contributed by atoms with van der Waals surface area (Å²) in [4.78, 5) is 8.72. The average molecular weight is 220 g/mol. The molecule has 5 nitrogen and oxygen atoms in total. The molecule has 2 aromatic heterocycles. The molecule has 2 rings (SSSR count). The molecule has 1 atom stereocenters. The van der Waals surface area contributed by atoms with Crippen molar-refractivity contribution in [2.45, 2.75) is 25.9 Å². The maximum atomic E-state index is 9.12. The second-order valence-corrected chi connectivity index (χ2v) is 4.07. The molecule has 86 valence electrons. The largest absolute Gasteiger partial charge is 0.394 e. The van der Waals surface area contributed by atoms with Gasteiger partial charge in [0.05, 0.1) is 12.6 Å². The normalized spacial score (nSPS) is 13.6. The molecule has 0 aliphatic carbocycles. The monoisotopic (exact) mass is 220 g/mol. The molecular formula is C11H16N4O. The molecule has 2 heterocycles. The van der Waals surface area contributed by atoms with Gasteiger partial charge in [-0.3, -0.25) is 0 Å². The van der Waals surface area contributed by atoms with E-state index in [9.17, 15) is 0 Å². The van der Waals surface area contributed by atoms with E-state index in [1.807, 2.05) is 30.5 Å². The number of imidazole rings is 1. The Morgan fingerprint density at radius 2 is 2.25 bits per heavy atom. The Labute approximate surface area is 93.9 Å². The summed E-state index contributed by atoms with van der Waals surface area (Å²) >= 11 is 0. The summed E-state index contributed by atoms with van der Waals surface area (Å²) in [5, 5.41) is 9.12. The lowest BCUT2D eigenvalue weighted by Crippen LogP contribution is -2.21. The van der Waals surface area contributed by atoms with Crippen molar-refractivity contribution in [2.75, 3.05) is 6.61 Å². The minimum Gasteiger partial charge on any atom is -0.394 e. The van der Waals surface area contributed by atoms with Crippen LogP contribution in [0, 0.1) is 0 Å². The third-order valence-electron chi connectivity index (χ3n) is 2.52. The first-order valence-electron chi connectivity index (χ1n) is 5.34. The second-order valence-electron chi connectivity index (χ2n) is 4.07. The van der Waals surface area contributed by atoms with Crippen LogP contribution in [-0.4, -0.2) is 26.2 Å². The number of aromatic nitrogens is 3. The van der Waals surface area contributed by atoms with E-state index in [2.05, 4.69) is 9.97 Å². The van der Waals surface area contributed by atoms with Crippen molar-refractivity contribution < 1.29 is 5.11 Å². The van der Waals surface area contributed by atoms with Crippen molar-refractivity contribution in [3.8, 4) is 0 Å². The van der Waals surface area contributed by atoms with Crippen LogP contribution in [0.5, 0.6) is 0 Å². The van der Waals surface area contributed by atoms with Crippen molar-refractivity contribution in [1.82, 2.24) is 14.5 Å². The van der Waals surface area contributed by atoms with Gasteiger partial charge in [0.1, 0.15) is 11.3 Å². The predicted octanol–water partition coefficient (Wildman–Crippen LogP) is 1.00. The fraction of sp³-hybridized carbons (Fsp3) is 0.455. The van der Waals surface area contributed by atoms with Gasteiger partial charge < -0.3 is 15.4 Å². The van der Waals surface area contributed by atoms with E-state index < -0.39 is 6.04 Å². The number of aliphatic hydroxyl groups excluding tert-OH is 1. The molecule has 3 N–H and O–H groups in total. The minimum absolute atomic E-state index is 0.115. The van der Waals surface area contributed by atoms with Crippen molar-refractivity contribution in [3.05, 3.63) is 24.2 Å². The van der Waals surface area contributed by atoms with Gasteiger partial charge in [-0.1, -0.05) is 0 Å². The van der Waals surface area contributed by atoms with Gasteiger partial charge in [-0.15, -0.1) is 0 Å². The van der Waals surface area contributed by atoms with Crippen molar-refractivity contribution >= 4 is 11.2 Å². The van der Waals surface area contributed by atoms with E-state index in [0.717, 1.165) is 11.2 Å². The van der Waals surface area contributed by atoms with E-state index in [0.29, 0.717) is 5.82 Å². The molecule has 0 bridgehead atoms. The molecule has 0 saturated carbocycles. The summed E-state index contributed by atoms with van der Waals surface area (Å²) in [6.07, 6.45) is 1.73. The Hall–Kier alpha value is -1.46. The minimum atomic E-state index is -0.461. The van der Waals surface area contributed by atoms with Crippen LogP contribution in [0.25, 0.3) is 11.2 Å². The molecule has 0 amide bonds. The standard InChI is InChI=1S/C11H16N4O/c1-7(2)15-10(8(12)6-16)14-9-4-3-5-13-11(9)15/h3-5,7-8,16H,6,12H2,1-2H3. The second kappa shape index (κ2) is 4.19. The third-order valence-corrected chi connectivity index (χ3v) is 2.52. The van der Waals surface area contributed by atoms with Gasteiger partial charge in [-0.05, 0) is 26.0 Å². The molecule has 0 aromatic carbocycles. The molecule has 5 heteroatoms. The van der Waals surface area contributed by atoms with Crippen LogP contribution in [0.15, 0.2) is 18.3 Å². The summed E-state index contributed by atoms with van der Waals surface area (Å²) in [5.41, 5.74) is 7.47. The van der Waals surface area contributed by atoms with Gasteiger partial charge in [0, 0.05) is 12.2 Å². The first kappa shape index (κ1) is 11.0. The smallest absolute Gasteiger partial charge is 0.160 e. The van der Waals surface area contributed by atoms with Crippen LogP contribution in [-0.2, 0) is 0 Å². The lowest BCUT2D eigenvalue weighted by atomic mass is 10.3. The number of hydrogen-bond donors (Lipinski definition) is 2. The molecular weight excluding hydrogens is 204 g/mol. The van der Waals surface area contributed by atoms with E-state index in [1.54, 1.807) is 6.20 Å². The fourth-order valence-corrected chi connectivity index (χ4v) is 1.80. The highest BCUT2D eigenvalue weighted by atomic mass is 16.3. The van der Waals surface area contributed by atoms with Crippen molar-refractivity contribution in [1.29, 1.82) is 0 Å². The topological polar surface area (TPSA) is 77.0 Å². The number of nitrogens with zero attached hydrogens (tertiary/aromatic N) is 3. The zero-order chi connectivity index (χ0) is 11.7. The zero-order valence-electron chi connectivity index (χ0n) is 9.46. The highest BCUT2D eigenvalue weighted by Crippen LogP contribution is 2.22. The molecule has 1 unspecified atom stereocenters. The van der Waals surface area contributed by atoms with Gasteiger partial charge in [-0.25, -0.2) is 9.97 Å². The van der Waals surface area contributed by atoms with Gasteiger partial charge in [0.25, 0.3) is 0 Å². The predicted molar refractivity (Wildman–Crippen MR) is 61.9 cm³/mol. The zero-order valence-corrected chi connectivity index (χ0v) is 9.46. The number of hydrogen-bond acceptors (Lipinski definition) is 4. The number of pyridine rings is 1. The van der Waals surface area contributed by atoms with Gasteiger partial charge in [0.2, 0.25) is 0 Å². The number of aliphatic hydroxyl groups is 1. The molecule has 0 radical (unpaired) electrons. The Morgan fingerprint density at radius 3 is 2.88 bits per heavy atom. The first-order valence-corrected chi connectivity index (χ1v) is 5.34. The van der Waals surface area contributed by atoms with Gasteiger partial charge >= 0.3 is 0 Å². The third kappa shape index (κ3) is 1.68. The van der Waals surface area contributed by atoms with Crippen LogP contribution in [0.4, 0.5) is 0 Å². The summed E-state index contributed by atoms with van der Waals surface area (Å²) in [6.45, 7) is 3.98. The van der Waals surface area contributed by atoms with Crippen molar-refractivity contribution in [3.63, 3.8) is 0 Å².